The molecule has 8 heteroatoms. The lowest BCUT2D eigenvalue weighted by molar-refractivity contribution is -0.135. The fourth-order valence-corrected chi connectivity index (χ4v) is 2.14. The van der Waals surface area contributed by atoms with Gasteiger partial charge in [0, 0.05) is 20.7 Å². The summed E-state index contributed by atoms with van der Waals surface area (Å²) in [7, 11) is 3.05. The molecule has 1 N–H and O–H groups in total. The van der Waals surface area contributed by atoms with Crippen LogP contribution in [-0.4, -0.2) is 60.1 Å². The monoisotopic (exact) mass is 332 g/mol. The van der Waals surface area contributed by atoms with Gasteiger partial charge in [-0.25, -0.2) is 4.98 Å². The number of ether oxygens (including phenoxy) is 1. The van der Waals surface area contributed by atoms with Gasteiger partial charge in [0.2, 0.25) is 11.8 Å². The first kappa shape index (κ1) is 17.6. The second kappa shape index (κ2) is 8.21. The molecule has 128 valence electrons. The first-order valence-electron chi connectivity index (χ1n) is 7.46. The van der Waals surface area contributed by atoms with Crippen molar-refractivity contribution < 1.29 is 14.3 Å². The van der Waals surface area contributed by atoms with E-state index in [9.17, 15) is 14.4 Å². The quantitative estimate of drug-likeness (QED) is 0.698. The highest BCUT2D eigenvalue weighted by Crippen LogP contribution is 2.04. The maximum Gasteiger partial charge on any atom is 0.261 e. The van der Waals surface area contributed by atoms with E-state index in [0.29, 0.717) is 24.1 Å². The van der Waals surface area contributed by atoms with Crippen molar-refractivity contribution in [2.75, 3.05) is 33.9 Å². The molecule has 2 aromatic rings. The highest BCUT2D eigenvalue weighted by atomic mass is 16.5. The van der Waals surface area contributed by atoms with Gasteiger partial charge in [-0.2, -0.15) is 0 Å². The summed E-state index contributed by atoms with van der Waals surface area (Å²) in [6, 6.07) is 6.94. The van der Waals surface area contributed by atoms with Crippen LogP contribution in [0.1, 0.15) is 0 Å². The molecule has 0 bridgehead atoms. The lowest BCUT2D eigenvalue weighted by atomic mass is 10.2. The molecule has 0 aliphatic heterocycles. The number of carbonyl (C=O) groups is 2. The van der Waals surface area contributed by atoms with Gasteiger partial charge in [-0.1, -0.05) is 12.1 Å². The second-order valence-corrected chi connectivity index (χ2v) is 5.29. The summed E-state index contributed by atoms with van der Waals surface area (Å²) in [5.41, 5.74) is 0.295. The minimum Gasteiger partial charge on any atom is -0.383 e. The van der Waals surface area contributed by atoms with Crippen LogP contribution in [0.5, 0.6) is 0 Å². The topological polar surface area (TPSA) is 93.5 Å². The third-order valence-electron chi connectivity index (χ3n) is 3.47. The van der Waals surface area contributed by atoms with Gasteiger partial charge in [0.15, 0.2) is 0 Å². The van der Waals surface area contributed by atoms with Crippen LogP contribution in [0.25, 0.3) is 10.9 Å². The Bertz CT molecular complexity index is 787. The minimum atomic E-state index is -0.351. The van der Waals surface area contributed by atoms with Gasteiger partial charge in [-0.05, 0) is 12.1 Å². The number of likely N-dealkylation sites (N-methyl/N-ethyl adjacent to an activating group) is 1. The van der Waals surface area contributed by atoms with Crippen molar-refractivity contribution in [2.24, 2.45) is 0 Å². The molecule has 0 atom stereocenters. The molecule has 0 saturated carbocycles. The summed E-state index contributed by atoms with van der Waals surface area (Å²) < 4.78 is 6.07. The molecular weight excluding hydrogens is 312 g/mol. The van der Waals surface area contributed by atoms with Gasteiger partial charge < -0.3 is 15.0 Å². The van der Waals surface area contributed by atoms with Crippen molar-refractivity contribution in [3.63, 3.8) is 0 Å². The Morgan fingerprint density at radius 2 is 2.08 bits per heavy atom. The molecule has 0 fully saturated rings. The highest BCUT2D eigenvalue weighted by Gasteiger charge is 2.14. The number of benzene rings is 1. The number of hydrogen-bond acceptors (Lipinski definition) is 5. The van der Waals surface area contributed by atoms with Gasteiger partial charge >= 0.3 is 0 Å². The molecule has 0 unspecified atom stereocenters. The first-order valence-corrected chi connectivity index (χ1v) is 7.46. The van der Waals surface area contributed by atoms with Gasteiger partial charge in [0.1, 0.15) is 6.54 Å². The standard InChI is InChI=1S/C16H20N4O4/c1-19(9-14(21)17-7-8-24-2)15(22)10-20-11-18-13-6-4-3-5-12(13)16(20)23/h3-6,11H,7-10H2,1-2H3,(H,17,21). The molecular formula is C16H20N4O4. The van der Waals surface area contributed by atoms with Crippen molar-refractivity contribution in [3.05, 3.63) is 40.9 Å². The van der Waals surface area contributed by atoms with E-state index in [4.69, 9.17) is 4.74 Å². The van der Waals surface area contributed by atoms with Crippen LogP contribution in [0, 0.1) is 0 Å². The average molecular weight is 332 g/mol. The maximum atomic E-state index is 12.3. The number of rotatable bonds is 7. The summed E-state index contributed by atoms with van der Waals surface area (Å²) in [6.45, 7) is 0.532. The Balaban J connectivity index is 2.00. The summed E-state index contributed by atoms with van der Waals surface area (Å²) in [5, 5.41) is 3.08. The third kappa shape index (κ3) is 4.39. The molecule has 1 aromatic carbocycles. The van der Waals surface area contributed by atoms with Crippen molar-refractivity contribution >= 4 is 22.7 Å². The molecule has 0 aliphatic rings. The van der Waals surface area contributed by atoms with Gasteiger partial charge in [-0.3, -0.25) is 19.0 Å². The van der Waals surface area contributed by atoms with Crippen LogP contribution < -0.4 is 10.9 Å². The van der Waals surface area contributed by atoms with Crippen LogP contribution >= 0.6 is 0 Å². The van der Waals surface area contributed by atoms with Crippen LogP contribution in [0.15, 0.2) is 35.4 Å². The molecule has 8 nitrogen and oxygen atoms in total. The smallest absolute Gasteiger partial charge is 0.261 e. The van der Waals surface area contributed by atoms with Crippen LogP contribution in [0.4, 0.5) is 0 Å². The molecule has 0 aliphatic carbocycles. The van der Waals surface area contributed by atoms with Crippen LogP contribution in [-0.2, 0) is 20.9 Å². The zero-order valence-electron chi connectivity index (χ0n) is 13.7. The fraction of sp³-hybridized carbons (Fsp3) is 0.375. The zero-order chi connectivity index (χ0) is 17.5. The van der Waals surface area contributed by atoms with E-state index in [0.717, 1.165) is 0 Å². The van der Waals surface area contributed by atoms with Crippen molar-refractivity contribution in [3.8, 4) is 0 Å². The van der Waals surface area contributed by atoms with E-state index < -0.39 is 0 Å². The molecule has 1 heterocycles. The molecule has 0 saturated heterocycles. The van der Waals surface area contributed by atoms with Crippen LogP contribution in [0.2, 0.25) is 0 Å². The highest BCUT2D eigenvalue weighted by molar-refractivity contribution is 5.84. The Morgan fingerprint density at radius 1 is 1.33 bits per heavy atom. The van der Waals surface area contributed by atoms with Crippen molar-refractivity contribution in [2.45, 2.75) is 6.54 Å². The first-order chi connectivity index (χ1) is 11.5. The van der Waals surface area contributed by atoms with Gasteiger partial charge in [-0.15, -0.1) is 0 Å². The molecule has 0 radical (unpaired) electrons. The normalized spacial score (nSPS) is 10.6. The SMILES string of the molecule is COCCNC(=O)CN(C)C(=O)Cn1cnc2ccccc2c1=O. The van der Waals surface area contributed by atoms with Crippen LogP contribution in [0.3, 0.4) is 0 Å². The second-order valence-electron chi connectivity index (χ2n) is 5.29. The number of amides is 2. The van der Waals surface area contributed by atoms with E-state index in [1.807, 2.05) is 0 Å². The summed E-state index contributed by atoms with van der Waals surface area (Å²) >= 11 is 0. The van der Waals surface area contributed by atoms with Crippen molar-refractivity contribution in [1.29, 1.82) is 0 Å². The van der Waals surface area contributed by atoms with E-state index in [1.165, 1.54) is 30.0 Å². The Morgan fingerprint density at radius 3 is 2.83 bits per heavy atom. The molecule has 24 heavy (non-hydrogen) atoms. The largest absolute Gasteiger partial charge is 0.383 e. The lowest BCUT2D eigenvalue weighted by Gasteiger charge is -2.17. The number of para-hydroxylation sites is 1. The number of carbonyl (C=O) groups excluding carboxylic acids is 2. The molecule has 2 rings (SSSR count). The number of nitrogens with zero attached hydrogens (tertiary/aromatic N) is 3. The molecule has 2 amide bonds. The van der Waals surface area contributed by atoms with E-state index in [2.05, 4.69) is 10.3 Å². The molecule has 1 aromatic heterocycles. The zero-order valence-corrected chi connectivity index (χ0v) is 13.7. The Hall–Kier alpha value is -2.74. The number of methoxy groups -OCH3 is 1. The summed E-state index contributed by atoms with van der Waals surface area (Å²) in [6.07, 6.45) is 1.34. The number of nitrogens with one attached hydrogen (secondary N) is 1. The summed E-state index contributed by atoms with van der Waals surface area (Å²) in [5.74, 6) is -0.636. The maximum absolute atomic E-state index is 12.3. The van der Waals surface area contributed by atoms with Crippen molar-refractivity contribution in [1.82, 2.24) is 19.8 Å². The predicted molar refractivity (Wildman–Crippen MR) is 88.5 cm³/mol. The number of fused-ring (bicyclic) bond motifs is 1. The van der Waals surface area contributed by atoms with Gasteiger partial charge in [0.25, 0.3) is 5.56 Å². The number of aromatic nitrogens is 2. The van der Waals surface area contributed by atoms with Gasteiger partial charge in [0.05, 0.1) is 30.4 Å². The van der Waals surface area contributed by atoms with E-state index in [-0.39, 0.29) is 30.5 Å². The third-order valence-corrected chi connectivity index (χ3v) is 3.47. The fourth-order valence-electron chi connectivity index (χ4n) is 2.14. The predicted octanol–water partition coefficient (Wildman–Crippen LogP) is -0.382. The number of hydrogen-bond donors (Lipinski definition) is 1. The minimum absolute atomic E-state index is 0.0850. The van der Waals surface area contributed by atoms with E-state index >= 15 is 0 Å². The Kier molecular flexibility index (Phi) is 6.02. The lowest BCUT2D eigenvalue weighted by Crippen LogP contribution is -2.41. The van der Waals surface area contributed by atoms with E-state index in [1.54, 1.807) is 24.3 Å². The average Bonchev–Trinajstić information content (AvgIpc) is 2.57. The molecule has 0 spiro atoms. The summed E-state index contributed by atoms with van der Waals surface area (Å²) in [4.78, 5) is 41.7. The Labute approximate surface area is 139 Å².